The first-order valence-corrected chi connectivity index (χ1v) is 28.2. The van der Waals surface area contributed by atoms with Gasteiger partial charge >= 0.3 is 0 Å². The van der Waals surface area contributed by atoms with E-state index in [1.807, 2.05) is 31.4 Å². The molecule has 336 valence electrons. The standard InChI is InChI=1S/C48H88O8Si2/c1-21-31(2)26-32(3)44(56-58(19,20)47(12,13)14)37(8)45-35(6)40(51-16)28-48(54-45)41(55-57(17,18)46(9,10)11)27-33(4)43(53-48)36(7)42(49)34(5)29-52-30-38-22-24-39(50-15)25-23-38/h21-25,32-37,40-45,49H,26-30H2,1-20H3/b31-21+/t32-,33-,34-,35+,36-,37+,40+,41-,42-,43-,44-,45-,48+/m0/s1. The number of allylic oxidation sites excluding steroid dienone is 2. The maximum atomic E-state index is 12.0. The highest BCUT2D eigenvalue weighted by Gasteiger charge is 2.60. The second-order valence-electron chi connectivity index (χ2n) is 21.6. The summed E-state index contributed by atoms with van der Waals surface area (Å²) in [5.74, 6) is -0.00714. The number of hydrogen-bond donors (Lipinski definition) is 1. The summed E-state index contributed by atoms with van der Waals surface area (Å²) in [6.45, 7) is 41.9. The maximum absolute atomic E-state index is 12.0. The topological polar surface area (TPSA) is 84.8 Å². The van der Waals surface area contributed by atoms with Gasteiger partial charge in [0.1, 0.15) is 5.75 Å². The van der Waals surface area contributed by atoms with Crippen molar-refractivity contribution in [2.45, 2.75) is 201 Å². The molecular formula is C48H88O8Si2. The Morgan fingerprint density at radius 3 is 1.97 bits per heavy atom. The Hall–Kier alpha value is -1.09. The van der Waals surface area contributed by atoms with Crippen molar-refractivity contribution in [1.29, 1.82) is 0 Å². The molecular weight excluding hydrogens is 761 g/mol. The van der Waals surface area contributed by atoms with E-state index in [0.29, 0.717) is 19.6 Å². The van der Waals surface area contributed by atoms with E-state index in [9.17, 15) is 5.11 Å². The Morgan fingerprint density at radius 1 is 0.879 bits per heavy atom. The molecule has 1 N–H and O–H groups in total. The van der Waals surface area contributed by atoms with Crippen LogP contribution in [-0.2, 0) is 34.4 Å². The molecule has 0 aromatic heterocycles. The molecule has 0 amide bonds. The van der Waals surface area contributed by atoms with Crippen LogP contribution in [0.1, 0.15) is 122 Å². The Balaban J connectivity index is 2.03. The van der Waals surface area contributed by atoms with Gasteiger partial charge in [-0.15, -0.1) is 0 Å². The molecule has 13 atom stereocenters. The molecule has 10 heteroatoms. The highest BCUT2D eigenvalue weighted by atomic mass is 28.4. The van der Waals surface area contributed by atoms with Crippen molar-refractivity contribution in [2.24, 2.45) is 35.5 Å². The number of rotatable bonds is 18. The minimum atomic E-state index is -2.28. The van der Waals surface area contributed by atoms with Crippen molar-refractivity contribution in [2.75, 3.05) is 20.8 Å². The van der Waals surface area contributed by atoms with E-state index in [4.69, 9.17) is 32.5 Å². The molecule has 0 bridgehead atoms. The second-order valence-corrected chi connectivity index (χ2v) is 31.1. The zero-order chi connectivity index (χ0) is 44.2. The van der Waals surface area contributed by atoms with Gasteiger partial charge in [-0.05, 0) is 92.5 Å². The largest absolute Gasteiger partial charge is 0.497 e. The summed E-state index contributed by atoms with van der Waals surface area (Å²) in [4.78, 5) is 0. The lowest BCUT2D eigenvalue weighted by Crippen LogP contribution is -2.68. The van der Waals surface area contributed by atoms with Crippen LogP contribution in [0, 0.1) is 35.5 Å². The minimum Gasteiger partial charge on any atom is -0.497 e. The smallest absolute Gasteiger partial charge is 0.196 e. The van der Waals surface area contributed by atoms with Gasteiger partial charge in [-0.25, -0.2) is 0 Å². The molecule has 8 nitrogen and oxygen atoms in total. The molecule has 0 saturated carbocycles. The van der Waals surface area contributed by atoms with Gasteiger partial charge in [-0.3, -0.25) is 0 Å². The molecule has 2 fully saturated rings. The lowest BCUT2D eigenvalue weighted by molar-refractivity contribution is -0.388. The molecule has 0 radical (unpaired) electrons. The SMILES string of the molecule is C/C=C(\C)C[C@H](C)[C@H](O[Si](C)(C)C(C)(C)C)[C@@H](C)[C@H]1O[C@@]2(C[C@@H](OC)[C@H]1C)O[C@H]([C@@H](C)[C@@H](O)[C@@H](C)COCc1ccc(OC)cc1)[C@@H](C)C[C@@H]2O[Si](C)(C)C(C)(C)C. The van der Waals surface area contributed by atoms with Crippen LogP contribution in [-0.4, -0.2) is 85.0 Å². The van der Waals surface area contributed by atoms with Crippen LogP contribution in [0.4, 0.5) is 0 Å². The van der Waals surface area contributed by atoms with Crippen molar-refractivity contribution in [3.8, 4) is 5.75 Å². The van der Waals surface area contributed by atoms with Gasteiger partial charge in [0.2, 0.25) is 0 Å². The molecule has 1 spiro atoms. The van der Waals surface area contributed by atoms with Gasteiger partial charge in [0.15, 0.2) is 22.4 Å². The number of hydrogen-bond acceptors (Lipinski definition) is 8. The van der Waals surface area contributed by atoms with Gasteiger partial charge in [0.25, 0.3) is 0 Å². The van der Waals surface area contributed by atoms with Crippen LogP contribution in [0.15, 0.2) is 35.9 Å². The Kier molecular flexibility index (Phi) is 18.0. The van der Waals surface area contributed by atoms with Gasteiger partial charge in [0.05, 0.1) is 56.9 Å². The number of benzene rings is 1. The molecule has 1 aromatic rings. The number of methoxy groups -OCH3 is 2. The predicted octanol–water partition coefficient (Wildman–Crippen LogP) is 11.8. The van der Waals surface area contributed by atoms with Crippen molar-refractivity contribution in [3.05, 3.63) is 41.5 Å². The van der Waals surface area contributed by atoms with Crippen LogP contribution >= 0.6 is 0 Å². The van der Waals surface area contributed by atoms with Crippen LogP contribution in [0.3, 0.4) is 0 Å². The van der Waals surface area contributed by atoms with E-state index in [1.165, 1.54) is 5.57 Å². The van der Waals surface area contributed by atoms with Gasteiger partial charge in [0, 0.05) is 37.2 Å². The first-order chi connectivity index (χ1) is 26.6. The van der Waals surface area contributed by atoms with Crippen molar-refractivity contribution in [1.82, 2.24) is 0 Å². The molecule has 0 unspecified atom stereocenters. The fourth-order valence-electron chi connectivity index (χ4n) is 8.68. The third-order valence-electron chi connectivity index (χ3n) is 14.9. The van der Waals surface area contributed by atoms with Gasteiger partial charge in [-0.1, -0.05) is 107 Å². The molecule has 1 aromatic carbocycles. The molecule has 0 aliphatic carbocycles. The highest BCUT2D eigenvalue weighted by Crippen LogP contribution is 2.52. The summed E-state index contributed by atoms with van der Waals surface area (Å²) in [5, 5.41) is 12.0. The van der Waals surface area contributed by atoms with E-state index in [-0.39, 0.29) is 76.1 Å². The van der Waals surface area contributed by atoms with Crippen molar-refractivity contribution < 1.29 is 37.6 Å². The molecule has 2 heterocycles. The summed E-state index contributed by atoms with van der Waals surface area (Å²) >= 11 is 0. The molecule has 3 rings (SSSR count). The monoisotopic (exact) mass is 849 g/mol. The first-order valence-electron chi connectivity index (χ1n) is 22.4. The molecule has 2 aliphatic heterocycles. The van der Waals surface area contributed by atoms with Crippen molar-refractivity contribution >= 4 is 16.6 Å². The fraction of sp³-hybridized carbons (Fsp3) is 0.833. The summed E-state index contributed by atoms with van der Waals surface area (Å²) < 4.78 is 47.9. The minimum absolute atomic E-state index is 0.00346. The molecule has 2 saturated heterocycles. The van der Waals surface area contributed by atoms with Crippen LogP contribution in [0.25, 0.3) is 0 Å². The summed E-state index contributed by atoms with van der Waals surface area (Å²) in [6, 6.07) is 7.91. The van der Waals surface area contributed by atoms with E-state index < -0.39 is 28.5 Å². The number of aliphatic hydroxyl groups is 1. The van der Waals surface area contributed by atoms with Crippen LogP contribution in [0.5, 0.6) is 5.75 Å². The zero-order valence-electron chi connectivity index (χ0n) is 40.7. The number of ether oxygens (including phenoxy) is 5. The third kappa shape index (κ3) is 12.3. The Labute approximate surface area is 358 Å². The zero-order valence-corrected chi connectivity index (χ0v) is 42.7. The summed E-state index contributed by atoms with van der Waals surface area (Å²) in [6.07, 6.45) is 2.94. The first kappa shape index (κ1) is 51.3. The van der Waals surface area contributed by atoms with Crippen LogP contribution < -0.4 is 4.74 Å². The fourth-order valence-corrected chi connectivity index (χ4v) is 11.5. The molecule has 58 heavy (non-hydrogen) atoms. The molecule has 2 aliphatic rings. The second kappa shape index (κ2) is 20.4. The average Bonchev–Trinajstić information content (AvgIpc) is 3.14. The quantitative estimate of drug-likeness (QED) is 0.115. The van der Waals surface area contributed by atoms with E-state index in [0.717, 1.165) is 24.2 Å². The lowest BCUT2D eigenvalue weighted by atomic mass is 9.74. The van der Waals surface area contributed by atoms with E-state index >= 15 is 0 Å². The Morgan fingerprint density at radius 2 is 1.45 bits per heavy atom. The van der Waals surface area contributed by atoms with Gasteiger partial charge in [-0.2, -0.15) is 0 Å². The number of aliphatic hydroxyl groups excluding tert-OH is 1. The van der Waals surface area contributed by atoms with Gasteiger partial charge < -0.3 is 37.6 Å². The predicted molar refractivity (Wildman–Crippen MR) is 244 cm³/mol. The Bertz CT molecular complexity index is 1430. The lowest BCUT2D eigenvalue weighted by Gasteiger charge is -2.59. The van der Waals surface area contributed by atoms with Crippen molar-refractivity contribution in [3.63, 3.8) is 0 Å². The van der Waals surface area contributed by atoms with Crippen LogP contribution in [0.2, 0.25) is 36.3 Å². The summed E-state index contributed by atoms with van der Waals surface area (Å²) in [7, 11) is -0.955. The van der Waals surface area contributed by atoms with E-state index in [2.05, 4.69) is 129 Å². The normalized spacial score (nSPS) is 29.8. The average molecular weight is 849 g/mol. The highest BCUT2D eigenvalue weighted by molar-refractivity contribution is 6.74. The maximum Gasteiger partial charge on any atom is 0.196 e. The third-order valence-corrected chi connectivity index (χ3v) is 23.8. The van der Waals surface area contributed by atoms with E-state index in [1.54, 1.807) is 7.11 Å². The summed E-state index contributed by atoms with van der Waals surface area (Å²) in [5.41, 5.74) is 2.44.